The SMILES string of the molecule is CCOC(=O)CCCn1c2c(c3cc(C(F)(F)F)ccc31)CN(C)CC2. The van der Waals surface area contributed by atoms with Crippen molar-refractivity contribution >= 4 is 16.9 Å². The zero-order valence-electron chi connectivity index (χ0n) is 15.0. The first-order valence-electron chi connectivity index (χ1n) is 8.86. The number of likely N-dealkylation sites (N-methyl/N-ethyl adjacent to an activating group) is 1. The van der Waals surface area contributed by atoms with E-state index in [2.05, 4.69) is 9.47 Å². The Hall–Kier alpha value is -2.02. The van der Waals surface area contributed by atoms with Crippen LogP contribution in [0, 0.1) is 0 Å². The van der Waals surface area contributed by atoms with Gasteiger partial charge in [0.2, 0.25) is 0 Å². The van der Waals surface area contributed by atoms with Crippen LogP contribution in [0.25, 0.3) is 10.9 Å². The number of nitrogens with zero attached hydrogens (tertiary/aromatic N) is 2. The van der Waals surface area contributed by atoms with Crippen molar-refractivity contribution in [1.29, 1.82) is 0 Å². The summed E-state index contributed by atoms with van der Waals surface area (Å²) in [5, 5.41) is 0.664. The fraction of sp³-hybridized carbons (Fsp3) is 0.526. The van der Waals surface area contributed by atoms with Gasteiger partial charge < -0.3 is 14.2 Å². The first-order chi connectivity index (χ1) is 12.3. The number of esters is 1. The maximum Gasteiger partial charge on any atom is 0.416 e. The van der Waals surface area contributed by atoms with Crippen LogP contribution in [0.2, 0.25) is 0 Å². The third-order valence-electron chi connectivity index (χ3n) is 4.84. The molecular formula is C19H23F3N2O2. The molecule has 0 unspecified atom stereocenters. The van der Waals surface area contributed by atoms with Gasteiger partial charge in [-0.05, 0) is 44.2 Å². The highest BCUT2D eigenvalue weighted by atomic mass is 19.4. The minimum Gasteiger partial charge on any atom is -0.466 e. The number of hydrogen-bond acceptors (Lipinski definition) is 3. The zero-order chi connectivity index (χ0) is 18.9. The third-order valence-corrected chi connectivity index (χ3v) is 4.84. The van der Waals surface area contributed by atoms with Crippen molar-refractivity contribution in [1.82, 2.24) is 9.47 Å². The lowest BCUT2D eigenvalue weighted by Gasteiger charge is -2.24. The average Bonchev–Trinajstić information content (AvgIpc) is 2.87. The van der Waals surface area contributed by atoms with Crippen molar-refractivity contribution in [2.75, 3.05) is 20.2 Å². The molecule has 1 aromatic carbocycles. The summed E-state index contributed by atoms with van der Waals surface area (Å²) in [4.78, 5) is 13.7. The molecule has 4 nitrogen and oxygen atoms in total. The number of halogens is 3. The summed E-state index contributed by atoms with van der Waals surface area (Å²) >= 11 is 0. The van der Waals surface area contributed by atoms with E-state index in [1.54, 1.807) is 13.0 Å². The summed E-state index contributed by atoms with van der Waals surface area (Å²) in [7, 11) is 1.97. The van der Waals surface area contributed by atoms with E-state index < -0.39 is 11.7 Å². The smallest absolute Gasteiger partial charge is 0.416 e. The van der Waals surface area contributed by atoms with Gasteiger partial charge in [-0.1, -0.05) is 0 Å². The Balaban J connectivity index is 1.96. The molecule has 7 heteroatoms. The molecule has 0 spiro atoms. The van der Waals surface area contributed by atoms with Gasteiger partial charge in [0.05, 0.1) is 12.2 Å². The molecule has 0 bridgehead atoms. The van der Waals surface area contributed by atoms with Gasteiger partial charge in [0.1, 0.15) is 0 Å². The van der Waals surface area contributed by atoms with Crippen LogP contribution in [-0.4, -0.2) is 35.6 Å². The van der Waals surface area contributed by atoms with E-state index in [9.17, 15) is 18.0 Å². The van der Waals surface area contributed by atoms with E-state index in [0.717, 1.165) is 35.8 Å². The Morgan fingerprint density at radius 1 is 1.31 bits per heavy atom. The summed E-state index contributed by atoms with van der Waals surface area (Å²) in [6, 6.07) is 3.95. The van der Waals surface area contributed by atoms with Crippen LogP contribution in [0.5, 0.6) is 0 Å². The minimum atomic E-state index is -4.35. The molecular weight excluding hydrogens is 345 g/mol. The Labute approximate surface area is 150 Å². The van der Waals surface area contributed by atoms with Gasteiger partial charge in [-0.25, -0.2) is 0 Å². The molecule has 0 atom stereocenters. The number of carbonyl (C=O) groups excluding carboxylic acids is 1. The second-order valence-corrected chi connectivity index (χ2v) is 6.70. The number of ether oxygens (including phenoxy) is 1. The van der Waals surface area contributed by atoms with E-state index in [-0.39, 0.29) is 5.97 Å². The first kappa shape index (κ1) is 18.8. The minimum absolute atomic E-state index is 0.239. The molecule has 0 aliphatic carbocycles. The number of alkyl halides is 3. The molecule has 1 aliphatic heterocycles. The van der Waals surface area contributed by atoms with E-state index in [0.29, 0.717) is 37.9 Å². The molecule has 26 heavy (non-hydrogen) atoms. The van der Waals surface area contributed by atoms with Gasteiger partial charge in [0, 0.05) is 49.1 Å². The quantitative estimate of drug-likeness (QED) is 0.749. The molecule has 3 rings (SSSR count). The predicted octanol–water partition coefficient (Wildman–Crippen LogP) is 3.99. The number of benzene rings is 1. The second-order valence-electron chi connectivity index (χ2n) is 6.70. The number of aromatic nitrogens is 1. The second kappa shape index (κ2) is 7.31. The normalized spacial score (nSPS) is 15.3. The van der Waals surface area contributed by atoms with E-state index in [4.69, 9.17) is 4.74 Å². The van der Waals surface area contributed by atoms with Gasteiger partial charge >= 0.3 is 12.1 Å². The monoisotopic (exact) mass is 368 g/mol. The molecule has 0 N–H and O–H groups in total. The largest absolute Gasteiger partial charge is 0.466 e. The third kappa shape index (κ3) is 3.72. The highest BCUT2D eigenvalue weighted by Gasteiger charge is 2.32. The van der Waals surface area contributed by atoms with Crippen LogP contribution in [-0.2, 0) is 35.2 Å². The van der Waals surface area contributed by atoms with Crippen LogP contribution in [0.3, 0.4) is 0 Å². The van der Waals surface area contributed by atoms with Gasteiger partial charge in [0.15, 0.2) is 0 Å². The molecule has 0 saturated carbocycles. The maximum atomic E-state index is 13.1. The van der Waals surface area contributed by atoms with Crippen molar-refractivity contribution < 1.29 is 22.7 Å². The summed E-state index contributed by atoms with van der Waals surface area (Å²) in [5.74, 6) is -0.239. The topological polar surface area (TPSA) is 34.5 Å². The van der Waals surface area contributed by atoms with Crippen LogP contribution < -0.4 is 0 Å². The Morgan fingerprint density at radius 2 is 2.08 bits per heavy atom. The van der Waals surface area contributed by atoms with Crippen LogP contribution in [0.1, 0.15) is 36.6 Å². The van der Waals surface area contributed by atoms with Crippen molar-refractivity contribution in [3.8, 4) is 0 Å². The van der Waals surface area contributed by atoms with E-state index >= 15 is 0 Å². The zero-order valence-corrected chi connectivity index (χ0v) is 15.0. The number of hydrogen-bond donors (Lipinski definition) is 0. The molecule has 0 saturated heterocycles. The lowest BCUT2D eigenvalue weighted by molar-refractivity contribution is -0.143. The highest BCUT2D eigenvalue weighted by Crippen LogP contribution is 2.36. The van der Waals surface area contributed by atoms with E-state index in [1.165, 1.54) is 6.07 Å². The number of aryl methyl sites for hydroxylation is 1. The molecule has 2 aromatic rings. The van der Waals surface area contributed by atoms with Crippen molar-refractivity contribution in [2.45, 2.75) is 45.5 Å². The van der Waals surface area contributed by atoms with Crippen LogP contribution in [0.4, 0.5) is 13.2 Å². The fourth-order valence-corrected chi connectivity index (χ4v) is 3.63. The Bertz CT molecular complexity index is 811. The van der Waals surface area contributed by atoms with Crippen LogP contribution in [0.15, 0.2) is 18.2 Å². The summed E-state index contributed by atoms with van der Waals surface area (Å²) in [6.07, 6.45) is -2.65. The van der Waals surface area contributed by atoms with Gasteiger partial charge in [-0.15, -0.1) is 0 Å². The standard InChI is InChI=1S/C19H23F3N2O2/c1-3-26-18(25)5-4-9-24-16-7-6-13(19(20,21)22)11-14(16)15-12-23(2)10-8-17(15)24/h6-7,11H,3-5,8-10,12H2,1-2H3. The summed E-state index contributed by atoms with van der Waals surface area (Å²) < 4.78 is 46.4. The molecule has 1 aromatic heterocycles. The Morgan fingerprint density at radius 3 is 2.77 bits per heavy atom. The van der Waals surface area contributed by atoms with Gasteiger partial charge in [-0.2, -0.15) is 13.2 Å². The molecule has 0 amide bonds. The van der Waals surface area contributed by atoms with Gasteiger partial charge in [0.25, 0.3) is 0 Å². The summed E-state index contributed by atoms with van der Waals surface area (Å²) in [5.41, 5.74) is 2.24. The van der Waals surface area contributed by atoms with Crippen molar-refractivity contribution in [3.63, 3.8) is 0 Å². The van der Waals surface area contributed by atoms with Crippen molar-refractivity contribution in [2.24, 2.45) is 0 Å². The Kier molecular flexibility index (Phi) is 5.27. The molecule has 2 heterocycles. The molecule has 142 valence electrons. The molecule has 0 fully saturated rings. The summed E-state index contributed by atoms with van der Waals surface area (Å²) in [6.45, 7) is 4.22. The molecule has 1 aliphatic rings. The highest BCUT2D eigenvalue weighted by molar-refractivity contribution is 5.86. The predicted molar refractivity (Wildman–Crippen MR) is 92.8 cm³/mol. The van der Waals surface area contributed by atoms with Crippen LogP contribution >= 0.6 is 0 Å². The lowest BCUT2D eigenvalue weighted by Crippen LogP contribution is -2.27. The number of rotatable bonds is 5. The fourth-order valence-electron chi connectivity index (χ4n) is 3.63. The van der Waals surface area contributed by atoms with Crippen molar-refractivity contribution in [3.05, 3.63) is 35.0 Å². The average molecular weight is 368 g/mol. The number of carbonyl (C=O) groups is 1. The molecule has 0 radical (unpaired) electrons. The van der Waals surface area contributed by atoms with E-state index in [1.807, 2.05) is 7.05 Å². The lowest BCUT2D eigenvalue weighted by atomic mass is 10.0. The maximum absolute atomic E-state index is 13.1. The first-order valence-corrected chi connectivity index (χ1v) is 8.86. The number of fused-ring (bicyclic) bond motifs is 3. The van der Waals surface area contributed by atoms with Gasteiger partial charge in [-0.3, -0.25) is 4.79 Å².